The van der Waals surface area contributed by atoms with Crippen LogP contribution in [0.5, 0.6) is 5.75 Å². The molecule has 1 rings (SSSR count). The van der Waals surface area contributed by atoms with Crippen LogP contribution in [0.3, 0.4) is 0 Å². The van der Waals surface area contributed by atoms with Crippen molar-refractivity contribution in [3.8, 4) is 5.75 Å². The minimum Gasteiger partial charge on any atom is -0.485 e. The summed E-state index contributed by atoms with van der Waals surface area (Å²) in [7, 11) is 0. The van der Waals surface area contributed by atoms with Crippen LogP contribution in [-0.4, -0.2) is 18.2 Å². The van der Waals surface area contributed by atoms with Gasteiger partial charge in [0.1, 0.15) is 12.4 Å². The maximum atomic E-state index is 11.3. The summed E-state index contributed by atoms with van der Waals surface area (Å²) in [6, 6.07) is 5.33. The summed E-state index contributed by atoms with van der Waals surface area (Å²) in [5.41, 5.74) is 1.52. The molecule has 0 spiro atoms. The van der Waals surface area contributed by atoms with Gasteiger partial charge in [-0.25, -0.2) is 0 Å². The Morgan fingerprint density at radius 2 is 1.93 bits per heavy atom. The molecule has 0 aliphatic heterocycles. The molecule has 0 fully saturated rings. The van der Waals surface area contributed by atoms with Crippen LogP contribution in [0.1, 0.15) is 29.8 Å². The first-order chi connectivity index (χ1) is 7.00. The number of ether oxygens (including phenoxy) is 1. The molecular weight excluding hydrogens is 192 g/mol. The van der Waals surface area contributed by atoms with Gasteiger partial charge in [0.25, 0.3) is 0 Å². The maximum absolute atomic E-state index is 11.3. The molecule has 1 aromatic rings. The van der Waals surface area contributed by atoms with E-state index in [0.29, 0.717) is 11.3 Å². The van der Waals surface area contributed by atoms with Gasteiger partial charge in [0.15, 0.2) is 11.6 Å². The van der Waals surface area contributed by atoms with Crippen molar-refractivity contribution in [1.82, 2.24) is 0 Å². The number of benzene rings is 1. The lowest BCUT2D eigenvalue weighted by Gasteiger charge is -2.08. The molecule has 80 valence electrons. The lowest BCUT2D eigenvalue weighted by molar-refractivity contribution is -0.118. The van der Waals surface area contributed by atoms with Gasteiger partial charge in [-0.15, -0.1) is 0 Å². The zero-order valence-electron chi connectivity index (χ0n) is 9.16. The highest BCUT2D eigenvalue weighted by atomic mass is 16.5. The normalized spacial score (nSPS) is 9.80. The summed E-state index contributed by atoms with van der Waals surface area (Å²) in [5.74, 6) is 0.352. The summed E-state index contributed by atoms with van der Waals surface area (Å²) >= 11 is 0. The van der Waals surface area contributed by atoms with E-state index in [4.69, 9.17) is 4.74 Å². The standard InChI is InChI=1S/C12H14O3/c1-8-4-5-12(15-7-9(2)13)11(6-8)10(3)14/h4-6H,7H2,1-3H3. The Kier molecular flexibility index (Phi) is 3.61. The summed E-state index contributed by atoms with van der Waals surface area (Å²) in [6.07, 6.45) is 0. The molecule has 0 aliphatic rings. The number of aryl methyl sites for hydroxylation is 1. The number of hydrogen-bond donors (Lipinski definition) is 0. The molecule has 0 bridgehead atoms. The van der Waals surface area contributed by atoms with Gasteiger partial charge in [-0.05, 0) is 32.9 Å². The zero-order chi connectivity index (χ0) is 11.4. The largest absolute Gasteiger partial charge is 0.485 e. The van der Waals surface area contributed by atoms with E-state index in [2.05, 4.69) is 0 Å². The first-order valence-electron chi connectivity index (χ1n) is 4.74. The van der Waals surface area contributed by atoms with Crippen LogP contribution in [0.2, 0.25) is 0 Å². The molecule has 3 nitrogen and oxygen atoms in total. The summed E-state index contributed by atoms with van der Waals surface area (Å²) in [5, 5.41) is 0. The predicted octanol–water partition coefficient (Wildman–Crippen LogP) is 2.17. The molecule has 0 N–H and O–H groups in total. The summed E-state index contributed by atoms with van der Waals surface area (Å²) in [4.78, 5) is 22.1. The van der Waals surface area contributed by atoms with E-state index in [0.717, 1.165) is 5.56 Å². The molecule has 0 aromatic heterocycles. The van der Waals surface area contributed by atoms with Crippen molar-refractivity contribution >= 4 is 11.6 Å². The molecule has 0 saturated heterocycles. The average molecular weight is 206 g/mol. The molecule has 0 unspecified atom stereocenters. The van der Waals surface area contributed by atoms with Gasteiger partial charge in [0.05, 0.1) is 5.56 Å². The first kappa shape index (κ1) is 11.4. The Labute approximate surface area is 89.1 Å². The van der Waals surface area contributed by atoms with Crippen LogP contribution < -0.4 is 4.74 Å². The summed E-state index contributed by atoms with van der Waals surface area (Å²) in [6.45, 7) is 4.83. The van der Waals surface area contributed by atoms with Crippen LogP contribution in [0.15, 0.2) is 18.2 Å². The third-order valence-electron chi connectivity index (χ3n) is 1.95. The van der Waals surface area contributed by atoms with Crippen LogP contribution in [0.25, 0.3) is 0 Å². The van der Waals surface area contributed by atoms with Gasteiger partial charge in [-0.2, -0.15) is 0 Å². The van der Waals surface area contributed by atoms with Crippen molar-refractivity contribution in [3.05, 3.63) is 29.3 Å². The van der Waals surface area contributed by atoms with E-state index in [1.54, 1.807) is 12.1 Å². The molecule has 3 heteroatoms. The molecule has 0 radical (unpaired) electrons. The van der Waals surface area contributed by atoms with Gasteiger partial charge >= 0.3 is 0 Å². The second-order valence-corrected chi connectivity index (χ2v) is 3.55. The lowest BCUT2D eigenvalue weighted by Crippen LogP contribution is -2.09. The highest BCUT2D eigenvalue weighted by Gasteiger charge is 2.09. The monoisotopic (exact) mass is 206 g/mol. The lowest BCUT2D eigenvalue weighted by atomic mass is 10.1. The Morgan fingerprint density at radius 1 is 1.27 bits per heavy atom. The van der Waals surface area contributed by atoms with Crippen LogP contribution in [0.4, 0.5) is 0 Å². The van der Waals surface area contributed by atoms with Crippen LogP contribution in [0, 0.1) is 6.92 Å². The Hall–Kier alpha value is -1.64. The summed E-state index contributed by atoms with van der Waals surface area (Å²) < 4.78 is 5.24. The number of rotatable bonds is 4. The van der Waals surface area contributed by atoms with Gasteiger partial charge in [0.2, 0.25) is 0 Å². The molecule has 0 atom stereocenters. The van der Waals surface area contributed by atoms with Crippen molar-refractivity contribution in [2.45, 2.75) is 20.8 Å². The molecule has 0 saturated carbocycles. The van der Waals surface area contributed by atoms with E-state index in [1.165, 1.54) is 13.8 Å². The Morgan fingerprint density at radius 3 is 2.47 bits per heavy atom. The third-order valence-corrected chi connectivity index (χ3v) is 1.95. The number of Topliss-reactive ketones (excluding diaryl/α,β-unsaturated/α-hetero) is 2. The smallest absolute Gasteiger partial charge is 0.167 e. The van der Waals surface area contributed by atoms with E-state index in [9.17, 15) is 9.59 Å². The highest BCUT2D eigenvalue weighted by Crippen LogP contribution is 2.20. The molecule has 1 aromatic carbocycles. The van der Waals surface area contributed by atoms with Crippen LogP contribution in [-0.2, 0) is 4.79 Å². The highest BCUT2D eigenvalue weighted by molar-refractivity contribution is 5.97. The SMILES string of the molecule is CC(=O)COc1ccc(C)cc1C(C)=O. The molecule has 0 heterocycles. The van der Waals surface area contributed by atoms with E-state index >= 15 is 0 Å². The Balaban J connectivity index is 2.95. The Bertz CT molecular complexity index is 394. The van der Waals surface area contributed by atoms with Gasteiger partial charge in [-0.1, -0.05) is 11.6 Å². The van der Waals surface area contributed by atoms with Gasteiger partial charge in [0, 0.05) is 0 Å². The number of ketones is 2. The zero-order valence-corrected chi connectivity index (χ0v) is 9.16. The fourth-order valence-corrected chi connectivity index (χ4v) is 1.22. The second kappa shape index (κ2) is 4.73. The maximum Gasteiger partial charge on any atom is 0.167 e. The van der Waals surface area contributed by atoms with E-state index < -0.39 is 0 Å². The van der Waals surface area contributed by atoms with Crippen molar-refractivity contribution < 1.29 is 14.3 Å². The van der Waals surface area contributed by atoms with Crippen molar-refractivity contribution in [2.24, 2.45) is 0 Å². The van der Waals surface area contributed by atoms with Gasteiger partial charge < -0.3 is 4.74 Å². The van der Waals surface area contributed by atoms with Crippen molar-refractivity contribution in [1.29, 1.82) is 0 Å². The second-order valence-electron chi connectivity index (χ2n) is 3.55. The van der Waals surface area contributed by atoms with Crippen molar-refractivity contribution in [3.63, 3.8) is 0 Å². The minimum absolute atomic E-state index is 0.00331. The number of carbonyl (C=O) groups is 2. The van der Waals surface area contributed by atoms with Crippen LogP contribution >= 0.6 is 0 Å². The molecule has 0 aliphatic carbocycles. The minimum atomic E-state index is -0.0647. The van der Waals surface area contributed by atoms with E-state index in [1.807, 2.05) is 13.0 Å². The first-order valence-corrected chi connectivity index (χ1v) is 4.74. The predicted molar refractivity (Wildman–Crippen MR) is 57.4 cm³/mol. The fraction of sp³-hybridized carbons (Fsp3) is 0.333. The number of carbonyl (C=O) groups excluding carboxylic acids is 2. The number of hydrogen-bond acceptors (Lipinski definition) is 3. The third kappa shape index (κ3) is 3.20. The molecular formula is C12H14O3. The molecule has 0 amide bonds. The topological polar surface area (TPSA) is 43.4 Å². The average Bonchev–Trinajstić information content (AvgIpc) is 2.15. The van der Waals surface area contributed by atoms with Crippen molar-refractivity contribution in [2.75, 3.05) is 6.61 Å². The fourth-order valence-electron chi connectivity index (χ4n) is 1.22. The molecule has 15 heavy (non-hydrogen) atoms. The van der Waals surface area contributed by atoms with Gasteiger partial charge in [-0.3, -0.25) is 9.59 Å². The quantitative estimate of drug-likeness (QED) is 0.709. The van der Waals surface area contributed by atoms with E-state index in [-0.39, 0.29) is 18.2 Å².